The highest BCUT2D eigenvalue weighted by Crippen LogP contribution is 2.40. The summed E-state index contributed by atoms with van der Waals surface area (Å²) in [4.78, 5) is 0. The van der Waals surface area contributed by atoms with E-state index in [1.54, 1.807) is 24.3 Å². The number of allylic oxidation sites excluding steroid dienone is 5. The van der Waals surface area contributed by atoms with Gasteiger partial charge in [0.05, 0.1) is 0 Å². The van der Waals surface area contributed by atoms with Gasteiger partial charge in [-0.25, -0.2) is 0 Å². The van der Waals surface area contributed by atoms with Gasteiger partial charge in [0, 0.05) is 29.3 Å². The normalized spacial score (nSPS) is 25.4. The molecule has 1 aliphatic carbocycles. The van der Waals surface area contributed by atoms with Gasteiger partial charge in [-0.3, -0.25) is 0 Å². The van der Waals surface area contributed by atoms with Crippen molar-refractivity contribution in [3.63, 3.8) is 0 Å². The molecule has 2 aliphatic rings. The first kappa shape index (κ1) is 17.0. The lowest BCUT2D eigenvalue weighted by molar-refractivity contribution is -0.294. The van der Waals surface area contributed by atoms with Crippen molar-refractivity contribution in [2.24, 2.45) is 5.10 Å². The summed E-state index contributed by atoms with van der Waals surface area (Å²) in [6.07, 6.45) is 1.47. The molecule has 1 atom stereocenters. The van der Waals surface area contributed by atoms with E-state index in [2.05, 4.69) is 10.4 Å². The first-order valence-electron chi connectivity index (χ1n) is 6.31. The van der Waals surface area contributed by atoms with Crippen LogP contribution in [0.2, 0.25) is 0 Å². The molecule has 22 heavy (non-hydrogen) atoms. The Morgan fingerprint density at radius 3 is 2.82 bits per heavy atom. The van der Waals surface area contributed by atoms with E-state index in [4.69, 9.17) is 23.8 Å². The van der Waals surface area contributed by atoms with Crippen LogP contribution in [0.3, 0.4) is 0 Å². The van der Waals surface area contributed by atoms with Crippen LogP contribution in [0.15, 0.2) is 40.1 Å². The van der Waals surface area contributed by atoms with E-state index in [1.807, 2.05) is 0 Å². The second-order valence-corrected chi connectivity index (χ2v) is 5.74. The third-order valence-corrected chi connectivity index (χ3v) is 3.62. The number of rotatable bonds is 1. The second kappa shape index (κ2) is 6.02. The fourth-order valence-corrected chi connectivity index (χ4v) is 2.51. The van der Waals surface area contributed by atoms with E-state index in [0.717, 1.165) is 0 Å². The van der Waals surface area contributed by atoms with Gasteiger partial charge in [-0.15, -0.1) is 0 Å². The summed E-state index contributed by atoms with van der Waals surface area (Å²) in [5, 5.41) is 16.9. The van der Waals surface area contributed by atoms with Gasteiger partial charge in [0.25, 0.3) is 5.72 Å². The van der Waals surface area contributed by atoms with Gasteiger partial charge in [0.15, 0.2) is 5.11 Å². The second-order valence-electron chi connectivity index (χ2n) is 4.92. The number of hydrogen-bond donors (Lipinski definition) is 2. The summed E-state index contributed by atoms with van der Waals surface area (Å²) in [6.45, 7) is 1.40. The monoisotopic (exact) mass is 351 g/mol. The molecule has 120 valence electrons. The minimum atomic E-state index is -4.89. The third-order valence-electron chi connectivity index (χ3n) is 3.10. The Labute approximate surface area is 135 Å². The molecular weight excluding hydrogens is 339 g/mol. The molecule has 0 aromatic heterocycles. The van der Waals surface area contributed by atoms with Crippen molar-refractivity contribution in [2.75, 3.05) is 0 Å². The molecule has 0 saturated carbocycles. The van der Waals surface area contributed by atoms with Gasteiger partial charge in [-0.1, -0.05) is 17.7 Å². The lowest BCUT2D eigenvalue weighted by atomic mass is 10.1. The van der Waals surface area contributed by atoms with Crippen molar-refractivity contribution >= 4 is 34.6 Å². The van der Waals surface area contributed by atoms with Gasteiger partial charge in [0.2, 0.25) is 0 Å². The SMILES string of the molecule is CC1=NN(C(=S)NC2=CC=C(Cl)C=CC2)C(O)(C(F)(F)F)C1. The van der Waals surface area contributed by atoms with Crippen molar-refractivity contribution in [1.82, 2.24) is 10.3 Å². The van der Waals surface area contributed by atoms with Crippen molar-refractivity contribution in [3.05, 3.63) is 35.0 Å². The largest absolute Gasteiger partial charge is 0.438 e. The molecule has 1 unspecified atom stereocenters. The van der Waals surface area contributed by atoms with Crippen LogP contribution in [0.1, 0.15) is 19.8 Å². The summed E-state index contributed by atoms with van der Waals surface area (Å²) in [5.41, 5.74) is -2.45. The molecule has 9 heteroatoms. The fraction of sp³-hybridized carbons (Fsp3) is 0.385. The predicted molar refractivity (Wildman–Crippen MR) is 82.1 cm³/mol. The minimum absolute atomic E-state index is 0.140. The van der Waals surface area contributed by atoms with E-state index in [9.17, 15) is 18.3 Å². The van der Waals surface area contributed by atoms with Gasteiger partial charge in [-0.05, 0) is 37.4 Å². The molecule has 0 saturated heterocycles. The molecule has 0 aromatic carbocycles. The van der Waals surface area contributed by atoms with E-state index < -0.39 is 18.3 Å². The van der Waals surface area contributed by atoms with Crippen LogP contribution in [0.4, 0.5) is 13.2 Å². The third kappa shape index (κ3) is 3.34. The van der Waals surface area contributed by atoms with Gasteiger partial charge in [-0.2, -0.15) is 23.3 Å². The first-order valence-corrected chi connectivity index (χ1v) is 7.09. The lowest BCUT2D eigenvalue weighted by Crippen LogP contribution is -2.58. The minimum Gasteiger partial charge on any atom is -0.362 e. The average molecular weight is 352 g/mol. The van der Waals surface area contributed by atoms with Gasteiger partial charge < -0.3 is 10.4 Å². The number of alkyl halides is 3. The van der Waals surface area contributed by atoms with Crippen LogP contribution in [0, 0.1) is 0 Å². The number of nitrogens with zero attached hydrogens (tertiary/aromatic N) is 2. The summed E-state index contributed by atoms with van der Waals surface area (Å²) < 4.78 is 39.4. The molecule has 0 fully saturated rings. The Balaban J connectivity index is 2.20. The number of thiocarbonyl (C=S) groups is 1. The van der Waals surface area contributed by atoms with Crippen LogP contribution in [-0.4, -0.2) is 32.8 Å². The van der Waals surface area contributed by atoms with Crippen molar-refractivity contribution in [2.45, 2.75) is 31.7 Å². The highest BCUT2D eigenvalue weighted by atomic mass is 35.5. The molecule has 0 spiro atoms. The number of hydrazone groups is 1. The Morgan fingerprint density at radius 2 is 2.18 bits per heavy atom. The van der Waals surface area contributed by atoms with Crippen LogP contribution in [0.5, 0.6) is 0 Å². The number of aliphatic hydroxyl groups is 1. The molecule has 1 aliphatic heterocycles. The van der Waals surface area contributed by atoms with Crippen LogP contribution in [0.25, 0.3) is 0 Å². The Morgan fingerprint density at radius 1 is 1.50 bits per heavy atom. The van der Waals surface area contributed by atoms with Crippen LogP contribution in [-0.2, 0) is 0 Å². The number of nitrogens with one attached hydrogen (secondary N) is 1. The zero-order valence-corrected chi connectivity index (χ0v) is 13.1. The van der Waals surface area contributed by atoms with Gasteiger partial charge >= 0.3 is 6.18 Å². The summed E-state index contributed by atoms with van der Waals surface area (Å²) >= 11 is 10.8. The zero-order chi connectivity index (χ0) is 16.5. The maximum Gasteiger partial charge on any atom is 0.438 e. The highest BCUT2D eigenvalue weighted by Gasteiger charge is 2.62. The van der Waals surface area contributed by atoms with Crippen LogP contribution >= 0.6 is 23.8 Å². The van der Waals surface area contributed by atoms with Crippen molar-refractivity contribution in [3.8, 4) is 0 Å². The maximum atomic E-state index is 13.1. The maximum absolute atomic E-state index is 13.1. The molecule has 4 nitrogen and oxygen atoms in total. The summed E-state index contributed by atoms with van der Waals surface area (Å²) in [5.74, 6) is 0. The molecule has 2 rings (SSSR count). The molecule has 0 bridgehead atoms. The van der Waals surface area contributed by atoms with E-state index in [-0.39, 0.29) is 10.8 Å². The quantitative estimate of drug-likeness (QED) is 0.712. The fourth-order valence-electron chi connectivity index (χ4n) is 2.04. The topological polar surface area (TPSA) is 47.9 Å². The van der Waals surface area contributed by atoms with E-state index in [0.29, 0.717) is 22.2 Å². The molecule has 0 aromatic rings. The highest BCUT2D eigenvalue weighted by molar-refractivity contribution is 7.80. The van der Waals surface area contributed by atoms with Crippen LogP contribution < -0.4 is 5.32 Å². The molecule has 2 N–H and O–H groups in total. The average Bonchev–Trinajstić information content (AvgIpc) is 2.57. The number of halogens is 4. The Hall–Kier alpha value is -1.38. The van der Waals surface area contributed by atoms with Crippen molar-refractivity contribution in [1.29, 1.82) is 0 Å². The molecule has 0 radical (unpaired) electrons. The van der Waals surface area contributed by atoms with E-state index >= 15 is 0 Å². The smallest absolute Gasteiger partial charge is 0.362 e. The zero-order valence-electron chi connectivity index (χ0n) is 11.5. The molecule has 0 amide bonds. The Kier molecular flexibility index (Phi) is 4.65. The van der Waals surface area contributed by atoms with Crippen molar-refractivity contribution < 1.29 is 18.3 Å². The summed E-state index contributed by atoms with van der Waals surface area (Å²) in [6, 6.07) is 0. The number of hydrogen-bond acceptors (Lipinski definition) is 3. The summed E-state index contributed by atoms with van der Waals surface area (Å²) in [7, 11) is 0. The Bertz CT molecular complexity index is 612. The lowest BCUT2D eigenvalue weighted by Gasteiger charge is -2.34. The van der Waals surface area contributed by atoms with E-state index in [1.165, 1.54) is 6.92 Å². The predicted octanol–water partition coefficient (Wildman–Crippen LogP) is 3.16. The standard InChI is InChI=1S/C13H13ClF3N3OS/c1-8-7-12(21,13(15,16)17)20(19-8)11(22)18-10-4-2-3-9(14)5-6-10/h2-3,5-6,21H,4,7H2,1H3,(H,18,22). The molecule has 1 heterocycles. The molecular formula is C13H13ClF3N3OS. The first-order chi connectivity index (χ1) is 10.1. The van der Waals surface area contributed by atoms with Gasteiger partial charge in [0.1, 0.15) is 0 Å².